The van der Waals surface area contributed by atoms with Gasteiger partial charge in [0.1, 0.15) is 0 Å². The van der Waals surface area contributed by atoms with E-state index in [2.05, 4.69) is 19.1 Å². The van der Waals surface area contributed by atoms with Gasteiger partial charge in [-0.15, -0.1) is 11.8 Å². The Hall–Kier alpha value is -0.180. The lowest BCUT2D eigenvalue weighted by atomic mass is 9.80. The molecule has 0 bridgehead atoms. The smallest absolute Gasteiger partial charge is 0.0541 e. The Labute approximate surface area is 119 Å². The van der Waals surface area contributed by atoms with Crippen LogP contribution >= 0.6 is 23.4 Å². The fraction of sp³-hybridized carbons (Fsp3) is 0.600. The van der Waals surface area contributed by atoms with Crippen molar-refractivity contribution in [2.45, 2.75) is 42.8 Å². The van der Waals surface area contributed by atoms with Crippen molar-refractivity contribution < 1.29 is 0 Å². The third-order valence-electron chi connectivity index (χ3n) is 4.03. The van der Waals surface area contributed by atoms with E-state index in [4.69, 9.17) is 17.3 Å². The molecule has 3 atom stereocenters. The fourth-order valence-electron chi connectivity index (χ4n) is 2.76. The van der Waals surface area contributed by atoms with Crippen LogP contribution < -0.4 is 5.73 Å². The predicted octanol–water partition coefficient (Wildman–Crippen LogP) is 4.59. The van der Waals surface area contributed by atoms with Gasteiger partial charge in [0.2, 0.25) is 0 Å². The van der Waals surface area contributed by atoms with Crippen LogP contribution in [0.3, 0.4) is 0 Å². The molecule has 1 nitrogen and oxygen atoms in total. The van der Waals surface area contributed by atoms with Crippen LogP contribution in [0.2, 0.25) is 5.02 Å². The van der Waals surface area contributed by atoms with Crippen LogP contribution in [0, 0.1) is 11.8 Å². The van der Waals surface area contributed by atoms with Crippen LogP contribution in [0.15, 0.2) is 29.2 Å². The molecule has 1 aliphatic rings. The predicted molar refractivity (Wildman–Crippen MR) is 81.3 cm³/mol. The van der Waals surface area contributed by atoms with Gasteiger partial charge in [-0.05, 0) is 43.4 Å². The molecule has 0 spiro atoms. The summed E-state index contributed by atoms with van der Waals surface area (Å²) in [5.74, 6) is 1.52. The number of nitrogens with two attached hydrogens (primary N) is 1. The summed E-state index contributed by atoms with van der Waals surface area (Å²) < 4.78 is 0. The van der Waals surface area contributed by atoms with Gasteiger partial charge in [-0.1, -0.05) is 43.5 Å². The Balaban J connectivity index is 2.07. The third kappa shape index (κ3) is 3.43. The Morgan fingerprint density at radius 3 is 2.78 bits per heavy atom. The van der Waals surface area contributed by atoms with Gasteiger partial charge in [0.25, 0.3) is 0 Å². The summed E-state index contributed by atoms with van der Waals surface area (Å²) in [6.07, 6.45) is 5.19. The van der Waals surface area contributed by atoms with Crippen LogP contribution in [-0.4, -0.2) is 11.8 Å². The van der Waals surface area contributed by atoms with Crippen LogP contribution in [-0.2, 0) is 0 Å². The molecule has 1 fully saturated rings. The van der Waals surface area contributed by atoms with Crippen molar-refractivity contribution in [3.63, 3.8) is 0 Å². The summed E-state index contributed by atoms with van der Waals surface area (Å²) >= 11 is 8.18. The second-order valence-corrected chi connectivity index (χ2v) is 6.86. The van der Waals surface area contributed by atoms with E-state index in [0.29, 0.717) is 11.2 Å². The maximum absolute atomic E-state index is 6.25. The molecule has 0 aliphatic heterocycles. The number of hydrogen-bond acceptors (Lipinski definition) is 2. The van der Waals surface area contributed by atoms with Crippen LogP contribution in [0.25, 0.3) is 0 Å². The van der Waals surface area contributed by atoms with Gasteiger partial charge in [0.15, 0.2) is 0 Å². The summed E-state index contributed by atoms with van der Waals surface area (Å²) in [5.41, 5.74) is 5.93. The molecular formula is C15H22ClNS. The molecule has 1 saturated carbocycles. The Bertz CT molecular complexity index is 383. The number of halogens is 1. The van der Waals surface area contributed by atoms with Crippen molar-refractivity contribution in [2.75, 3.05) is 6.54 Å². The summed E-state index contributed by atoms with van der Waals surface area (Å²) in [7, 11) is 0. The Morgan fingerprint density at radius 1 is 1.33 bits per heavy atom. The quantitative estimate of drug-likeness (QED) is 0.875. The van der Waals surface area contributed by atoms with Crippen LogP contribution in [0.4, 0.5) is 0 Å². The van der Waals surface area contributed by atoms with Gasteiger partial charge >= 0.3 is 0 Å². The van der Waals surface area contributed by atoms with Crippen molar-refractivity contribution >= 4 is 23.4 Å². The minimum absolute atomic E-state index is 0.633. The lowest BCUT2D eigenvalue weighted by Gasteiger charge is -2.35. The maximum Gasteiger partial charge on any atom is 0.0541 e. The average molecular weight is 284 g/mol. The Morgan fingerprint density at radius 2 is 2.11 bits per heavy atom. The van der Waals surface area contributed by atoms with E-state index < -0.39 is 0 Å². The van der Waals surface area contributed by atoms with Crippen molar-refractivity contribution in [1.29, 1.82) is 0 Å². The van der Waals surface area contributed by atoms with Crippen molar-refractivity contribution in [3.05, 3.63) is 29.3 Å². The molecule has 1 aliphatic carbocycles. The van der Waals surface area contributed by atoms with E-state index in [-0.39, 0.29) is 0 Å². The van der Waals surface area contributed by atoms with E-state index in [1.807, 2.05) is 23.9 Å². The van der Waals surface area contributed by atoms with Crippen LogP contribution in [0.1, 0.15) is 32.6 Å². The highest BCUT2D eigenvalue weighted by Gasteiger charge is 2.29. The summed E-state index contributed by atoms with van der Waals surface area (Å²) in [6.45, 7) is 3.10. The molecule has 3 unspecified atom stereocenters. The second kappa shape index (κ2) is 6.83. The molecule has 0 radical (unpaired) electrons. The largest absolute Gasteiger partial charge is 0.330 e. The molecule has 100 valence electrons. The summed E-state index contributed by atoms with van der Waals surface area (Å²) in [5, 5.41) is 1.51. The van der Waals surface area contributed by atoms with E-state index >= 15 is 0 Å². The SMILES string of the molecule is CCC1CCC(CN)C(Sc2ccccc2Cl)C1. The van der Waals surface area contributed by atoms with Crippen molar-refractivity contribution in [1.82, 2.24) is 0 Å². The zero-order chi connectivity index (χ0) is 13.0. The van der Waals surface area contributed by atoms with Gasteiger partial charge in [-0.2, -0.15) is 0 Å². The monoisotopic (exact) mass is 283 g/mol. The van der Waals surface area contributed by atoms with E-state index in [0.717, 1.165) is 17.5 Å². The van der Waals surface area contributed by atoms with Gasteiger partial charge in [0.05, 0.1) is 5.02 Å². The molecule has 0 aromatic heterocycles. The molecule has 1 aromatic carbocycles. The molecule has 2 N–H and O–H groups in total. The molecule has 1 aromatic rings. The molecule has 18 heavy (non-hydrogen) atoms. The van der Waals surface area contributed by atoms with Gasteiger partial charge in [0, 0.05) is 10.1 Å². The van der Waals surface area contributed by atoms with Gasteiger partial charge < -0.3 is 5.73 Å². The lowest BCUT2D eigenvalue weighted by molar-refractivity contribution is 0.284. The highest BCUT2D eigenvalue weighted by Crippen LogP contribution is 2.42. The normalized spacial score (nSPS) is 28.3. The molecule has 3 heteroatoms. The first kappa shape index (κ1) is 14.2. The lowest BCUT2D eigenvalue weighted by Crippen LogP contribution is -2.32. The Kier molecular flexibility index (Phi) is 5.40. The number of hydrogen-bond donors (Lipinski definition) is 1. The first-order valence-electron chi connectivity index (χ1n) is 6.85. The molecular weight excluding hydrogens is 262 g/mol. The van der Waals surface area contributed by atoms with Gasteiger partial charge in [-0.25, -0.2) is 0 Å². The zero-order valence-corrected chi connectivity index (χ0v) is 12.5. The highest BCUT2D eigenvalue weighted by molar-refractivity contribution is 8.00. The molecule has 0 amide bonds. The van der Waals surface area contributed by atoms with E-state index in [1.54, 1.807) is 0 Å². The number of benzene rings is 1. The minimum atomic E-state index is 0.633. The number of thioether (sulfide) groups is 1. The maximum atomic E-state index is 6.25. The van der Waals surface area contributed by atoms with Crippen LogP contribution in [0.5, 0.6) is 0 Å². The third-order valence-corrected chi connectivity index (χ3v) is 5.96. The number of rotatable bonds is 4. The molecule has 2 rings (SSSR count). The van der Waals surface area contributed by atoms with Gasteiger partial charge in [-0.3, -0.25) is 0 Å². The molecule has 0 saturated heterocycles. The zero-order valence-electron chi connectivity index (χ0n) is 10.9. The van der Waals surface area contributed by atoms with E-state index in [1.165, 1.54) is 30.6 Å². The minimum Gasteiger partial charge on any atom is -0.330 e. The topological polar surface area (TPSA) is 26.0 Å². The highest BCUT2D eigenvalue weighted by atomic mass is 35.5. The van der Waals surface area contributed by atoms with E-state index in [9.17, 15) is 0 Å². The molecule has 0 heterocycles. The average Bonchev–Trinajstić information content (AvgIpc) is 2.41. The van der Waals surface area contributed by atoms with Crippen molar-refractivity contribution in [2.24, 2.45) is 17.6 Å². The standard InChI is InChI=1S/C15H22ClNS/c1-2-11-7-8-12(10-17)15(9-11)18-14-6-4-3-5-13(14)16/h3-6,11-12,15H,2,7-10,17H2,1H3. The fourth-order valence-corrected chi connectivity index (χ4v) is 4.50. The summed E-state index contributed by atoms with van der Waals surface area (Å²) in [6, 6.07) is 8.14. The second-order valence-electron chi connectivity index (χ2n) is 5.17. The first-order chi connectivity index (χ1) is 8.74. The first-order valence-corrected chi connectivity index (χ1v) is 8.11. The summed E-state index contributed by atoms with van der Waals surface area (Å²) in [4.78, 5) is 1.21. The van der Waals surface area contributed by atoms with Crippen molar-refractivity contribution in [3.8, 4) is 0 Å².